The molecule has 3 nitrogen and oxygen atoms in total. The molecule has 1 saturated carbocycles. The topological polar surface area (TPSA) is 23.6 Å². The Kier molecular flexibility index (Phi) is 4.53. The van der Waals surface area contributed by atoms with Crippen molar-refractivity contribution in [3.05, 3.63) is 65.5 Å². The first-order valence-corrected chi connectivity index (χ1v) is 9.08. The number of benzene rings is 2. The molecule has 25 heavy (non-hydrogen) atoms. The number of nitrogens with zero attached hydrogens (tertiary/aromatic N) is 2. The molecule has 0 bridgehead atoms. The molecule has 2 aliphatic rings. The van der Waals surface area contributed by atoms with Crippen molar-refractivity contribution in [1.82, 2.24) is 4.90 Å². The molecule has 1 fully saturated rings. The Morgan fingerprint density at radius 2 is 1.88 bits per heavy atom. The van der Waals surface area contributed by atoms with E-state index in [1.807, 2.05) is 35.2 Å². The van der Waals surface area contributed by atoms with Gasteiger partial charge in [0.25, 0.3) is 0 Å². The summed E-state index contributed by atoms with van der Waals surface area (Å²) in [5, 5.41) is 0. The summed E-state index contributed by atoms with van der Waals surface area (Å²) in [4.78, 5) is 16.9. The van der Waals surface area contributed by atoms with E-state index in [1.54, 1.807) is 6.07 Å². The van der Waals surface area contributed by atoms with Crippen LogP contribution in [0.5, 0.6) is 0 Å². The number of carbonyl (C=O) groups excluding carboxylic acids is 1. The molecule has 2 aromatic rings. The number of amides is 1. The van der Waals surface area contributed by atoms with Crippen molar-refractivity contribution in [3.63, 3.8) is 0 Å². The summed E-state index contributed by atoms with van der Waals surface area (Å²) in [5.41, 5.74) is 3.02. The third-order valence-electron chi connectivity index (χ3n) is 5.20. The van der Waals surface area contributed by atoms with Crippen molar-refractivity contribution in [3.8, 4) is 0 Å². The van der Waals surface area contributed by atoms with E-state index in [0.717, 1.165) is 31.5 Å². The molecule has 2 aromatic carbocycles. The average molecular weight is 338 g/mol. The smallest absolute Gasteiger partial charge is 0.228 e. The molecular weight excluding hydrogens is 315 g/mol. The van der Waals surface area contributed by atoms with Gasteiger partial charge in [0.2, 0.25) is 5.91 Å². The van der Waals surface area contributed by atoms with Gasteiger partial charge < -0.3 is 4.90 Å². The first kappa shape index (κ1) is 16.3. The fourth-order valence-corrected chi connectivity index (χ4v) is 3.65. The molecule has 0 aromatic heterocycles. The van der Waals surface area contributed by atoms with Crippen LogP contribution in [0.1, 0.15) is 30.4 Å². The fourth-order valence-electron chi connectivity index (χ4n) is 3.65. The van der Waals surface area contributed by atoms with Crippen LogP contribution < -0.4 is 4.90 Å². The Labute approximate surface area is 148 Å². The predicted molar refractivity (Wildman–Crippen MR) is 96.9 cm³/mol. The SMILES string of the molecule is O=C(CCN(Cc1ccccc1F)C1CC1)N1CCc2ccccc21. The van der Waals surface area contributed by atoms with Crippen molar-refractivity contribution in [2.24, 2.45) is 0 Å². The average Bonchev–Trinajstić information content (AvgIpc) is 3.38. The molecule has 0 atom stereocenters. The highest BCUT2D eigenvalue weighted by molar-refractivity contribution is 5.95. The summed E-state index contributed by atoms with van der Waals surface area (Å²) in [6.07, 6.45) is 3.72. The van der Waals surface area contributed by atoms with Crippen LogP contribution in [-0.2, 0) is 17.8 Å². The highest BCUT2D eigenvalue weighted by Gasteiger charge is 2.31. The maximum atomic E-state index is 13.9. The van der Waals surface area contributed by atoms with E-state index in [4.69, 9.17) is 0 Å². The van der Waals surface area contributed by atoms with E-state index in [9.17, 15) is 9.18 Å². The lowest BCUT2D eigenvalue weighted by atomic mass is 10.2. The number of anilines is 1. The molecule has 1 heterocycles. The van der Waals surface area contributed by atoms with E-state index < -0.39 is 0 Å². The Balaban J connectivity index is 1.39. The molecule has 0 radical (unpaired) electrons. The minimum Gasteiger partial charge on any atom is -0.312 e. The van der Waals surface area contributed by atoms with Crippen molar-refractivity contribution in [2.45, 2.75) is 38.3 Å². The molecule has 4 heteroatoms. The maximum absolute atomic E-state index is 13.9. The first-order chi connectivity index (χ1) is 12.2. The van der Waals surface area contributed by atoms with E-state index in [-0.39, 0.29) is 11.7 Å². The van der Waals surface area contributed by atoms with Crippen molar-refractivity contribution >= 4 is 11.6 Å². The Bertz CT molecular complexity index is 772. The Hall–Kier alpha value is -2.20. The molecule has 0 N–H and O–H groups in total. The van der Waals surface area contributed by atoms with Gasteiger partial charge in [0.05, 0.1) is 0 Å². The van der Waals surface area contributed by atoms with Crippen LogP contribution in [0.3, 0.4) is 0 Å². The molecule has 1 amide bonds. The zero-order chi connectivity index (χ0) is 17.2. The van der Waals surface area contributed by atoms with Crippen LogP contribution in [0.2, 0.25) is 0 Å². The number of hydrogen-bond donors (Lipinski definition) is 0. The molecule has 4 rings (SSSR count). The summed E-state index contributed by atoms with van der Waals surface area (Å²) in [6.45, 7) is 2.05. The third-order valence-corrected chi connectivity index (χ3v) is 5.20. The highest BCUT2D eigenvalue weighted by atomic mass is 19.1. The summed E-state index contributed by atoms with van der Waals surface area (Å²) in [6, 6.07) is 15.6. The molecule has 0 unspecified atom stereocenters. The molecule has 1 aliphatic heterocycles. The van der Waals surface area contributed by atoms with Crippen LogP contribution in [0, 0.1) is 5.82 Å². The lowest BCUT2D eigenvalue weighted by Gasteiger charge is -2.24. The largest absolute Gasteiger partial charge is 0.312 e. The quantitative estimate of drug-likeness (QED) is 0.800. The van der Waals surface area contributed by atoms with Gasteiger partial charge in [0.1, 0.15) is 5.82 Å². The lowest BCUT2D eigenvalue weighted by molar-refractivity contribution is -0.118. The normalized spacial score (nSPS) is 16.3. The predicted octanol–water partition coefficient (Wildman–Crippen LogP) is 3.77. The van der Waals surface area contributed by atoms with Crippen molar-refractivity contribution < 1.29 is 9.18 Å². The molecule has 130 valence electrons. The van der Waals surface area contributed by atoms with Crippen molar-refractivity contribution in [2.75, 3.05) is 18.0 Å². The second-order valence-corrected chi connectivity index (χ2v) is 6.97. The van der Waals surface area contributed by atoms with Crippen LogP contribution in [0.25, 0.3) is 0 Å². The number of rotatable bonds is 6. The zero-order valence-electron chi connectivity index (χ0n) is 14.3. The van der Waals surface area contributed by atoms with E-state index in [1.165, 1.54) is 11.6 Å². The first-order valence-electron chi connectivity index (χ1n) is 9.08. The number of halogens is 1. The lowest BCUT2D eigenvalue weighted by Crippen LogP contribution is -2.34. The fraction of sp³-hybridized carbons (Fsp3) is 0.381. The monoisotopic (exact) mass is 338 g/mol. The van der Waals surface area contributed by atoms with Gasteiger partial charge in [0, 0.05) is 43.3 Å². The zero-order valence-corrected chi connectivity index (χ0v) is 14.3. The van der Waals surface area contributed by atoms with Crippen LogP contribution in [0.4, 0.5) is 10.1 Å². The van der Waals surface area contributed by atoms with Gasteiger partial charge in [-0.15, -0.1) is 0 Å². The van der Waals surface area contributed by atoms with E-state index >= 15 is 0 Å². The molecular formula is C21H23FN2O. The summed E-state index contributed by atoms with van der Waals surface area (Å²) < 4.78 is 13.9. The summed E-state index contributed by atoms with van der Waals surface area (Å²) in [5.74, 6) is 0.0112. The van der Waals surface area contributed by atoms with Gasteiger partial charge >= 0.3 is 0 Å². The number of hydrogen-bond acceptors (Lipinski definition) is 2. The second kappa shape index (κ2) is 6.96. The minimum atomic E-state index is -0.159. The Morgan fingerprint density at radius 3 is 2.68 bits per heavy atom. The van der Waals surface area contributed by atoms with Gasteiger partial charge in [-0.3, -0.25) is 9.69 Å². The van der Waals surface area contributed by atoms with Gasteiger partial charge in [-0.05, 0) is 37.0 Å². The van der Waals surface area contributed by atoms with Crippen molar-refractivity contribution in [1.29, 1.82) is 0 Å². The summed E-state index contributed by atoms with van der Waals surface area (Å²) in [7, 11) is 0. The molecule has 1 aliphatic carbocycles. The maximum Gasteiger partial charge on any atom is 0.228 e. The van der Waals surface area contributed by atoms with Gasteiger partial charge in [-0.1, -0.05) is 36.4 Å². The van der Waals surface area contributed by atoms with Gasteiger partial charge in [0.15, 0.2) is 0 Å². The van der Waals surface area contributed by atoms with E-state index in [2.05, 4.69) is 11.0 Å². The Morgan fingerprint density at radius 1 is 1.12 bits per heavy atom. The molecule has 0 spiro atoms. The number of carbonyl (C=O) groups is 1. The molecule has 0 saturated heterocycles. The van der Waals surface area contributed by atoms with Gasteiger partial charge in [-0.25, -0.2) is 4.39 Å². The third kappa shape index (κ3) is 3.59. The van der Waals surface area contributed by atoms with E-state index in [0.29, 0.717) is 31.1 Å². The van der Waals surface area contributed by atoms with Crippen LogP contribution >= 0.6 is 0 Å². The minimum absolute atomic E-state index is 0.159. The van der Waals surface area contributed by atoms with Gasteiger partial charge in [-0.2, -0.15) is 0 Å². The number of para-hydroxylation sites is 1. The highest BCUT2D eigenvalue weighted by Crippen LogP contribution is 2.30. The standard InChI is InChI=1S/C21H23FN2O/c22-19-7-3-1-6-17(19)15-23(18-9-10-18)13-12-21(25)24-14-11-16-5-2-4-8-20(16)24/h1-8,18H,9-15H2. The van der Waals surface area contributed by atoms with Crippen LogP contribution in [0.15, 0.2) is 48.5 Å². The van der Waals surface area contributed by atoms with Crippen LogP contribution in [-0.4, -0.2) is 29.9 Å². The summed E-state index contributed by atoms with van der Waals surface area (Å²) >= 11 is 0. The number of fused-ring (bicyclic) bond motifs is 1. The second-order valence-electron chi connectivity index (χ2n) is 6.97.